The van der Waals surface area contributed by atoms with Crippen molar-refractivity contribution in [2.45, 2.75) is 32.8 Å². The van der Waals surface area contributed by atoms with Gasteiger partial charge in [-0.15, -0.1) is 0 Å². The Hall–Kier alpha value is -1.54. The number of rotatable bonds is 4. The van der Waals surface area contributed by atoms with Crippen molar-refractivity contribution in [2.75, 3.05) is 0 Å². The van der Waals surface area contributed by atoms with Crippen LogP contribution >= 0.6 is 0 Å². The molecule has 0 fully saturated rings. The van der Waals surface area contributed by atoms with Crippen molar-refractivity contribution >= 4 is 0 Å². The van der Waals surface area contributed by atoms with E-state index in [4.69, 9.17) is 4.42 Å². The maximum absolute atomic E-state index is 10.2. The van der Waals surface area contributed by atoms with Gasteiger partial charge in [0.2, 0.25) is 0 Å². The third kappa shape index (κ3) is 2.59. The first-order valence-corrected chi connectivity index (χ1v) is 6.03. The summed E-state index contributed by atoms with van der Waals surface area (Å²) in [5, 5.41) is 10.2. The Bertz CT molecular complexity index is 468. The van der Waals surface area contributed by atoms with Crippen LogP contribution in [0.2, 0.25) is 0 Å². The topological polar surface area (TPSA) is 33.4 Å². The summed E-state index contributed by atoms with van der Waals surface area (Å²) in [5.41, 5.74) is 3.06. The van der Waals surface area contributed by atoms with Gasteiger partial charge < -0.3 is 9.52 Å². The van der Waals surface area contributed by atoms with E-state index < -0.39 is 6.10 Å². The fourth-order valence-corrected chi connectivity index (χ4v) is 2.01. The normalized spacial score (nSPS) is 12.6. The van der Waals surface area contributed by atoms with Gasteiger partial charge in [0, 0.05) is 5.56 Å². The van der Waals surface area contributed by atoms with Gasteiger partial charge in [0.25, 0.3) is 0 Å². The zero-order valence-corrected chi connectivity index (χ0v) is 10.3. The lowest BCUT2D eigenvalue weighted by molar-refractivity contribution is 0.218. The van der Waals surface area contributed by atoms with Crippen molar-refractivity contribution < 1.29 is 9.52 Å². The van der Waals surface area contributed by atoms with Crippen molar-refractivity contribution in [2.24, 2.45) is 0 Å². The molecule has 1 unspecified atom stereocenters. The SMILES string of the molecule is CCCc1ccc(C(O)c2ccoc2C)cc1. The Morgan fingerprint density at radius 1 is 1.18 bits per heavy atom. The third-order valence-electron chi connectivity index (χ3n) is 3.03. The van der Waals surface area contributed by atoms with Gasteiger partial charge in [-0.2, -0.15) is 0 Å². The lowest BCUT2D eigenvalue weighted by Gasteiger charge is -2.10. The van der Waals surface area contributed by atoms with E-state index in [1.165, 1.54) is 5.56 Å². The van der Waals surface area contributed by atoms with E-state index in [2.05, 4.69) is 19.1 Å². The number of aryl methyl sites for hydroxylation is 2. The standard InChI is InChI=1S/C15H18O2/c1-3-4-12-5-7-13(8-6-12)15(16)14-9-10-17-11(14)2/h5-10,15-16H,3-4H2,1-2H3. The second-order valence-electron chi connectivity index (χ2n) is 4.33. The van der Waals surface area contributed by atoms with Gasteiger partial charge >= 0.3 is 0 Å². The van der Waals surface area contributed by atoms with E-state index in [0.29, 0.717) is 0 Å². The summed E-state index contributed by atoms with van der Waals surface area (Å²) in [6.07, 6.45) is 3.24. The van der Waals surface area contributed by atoms with Gasteiger partial charge in [-0.1, -0.05) is 37.6 Å². The molecular formula is C15H18O2. The van der Waals surface area contributed by atoms with Crippen molar-refractivity contribution in [1.29, 1.82) is 0 Å². The largest absolute Gasteiger partial charge is 0.469 e. The average Bonchev–Trinajstić information content (AvgIpc) is 2.76. The second kappa shape index (κ2) is 5.19. The molecule has 0 saturated heterocycles. The van der Waals surface area contributed by atoms with Crippen LogP contribution in [0.15, 0.2) is 41.0 Å². The average molecular weight is 230 g/mol. The fourth-order valence-electron chi connectivity index (χ4n) is 2.01. The lowest BCUT2D eigenvalue weighted by Crippen LogP contribution is -2.00. The van der Waals surface area contributed by atoms with E-state index in [0.717, 1.165) is 29.7 Å². The number of hydrogen-bond donors (Lipinski definition) is 1. The summed E-state index contributed by atoms with van der Waals surface area (Å²) in [7, 11) is 0. The predicted octanol–water partition coefficient (Wildman–Crippen LogP) is 3.62. The van der Waals surface area contributed by atoms with E-state index in [9.17, 15) is 5.11 Å². The molecule has 1 atom stereocenters. The summed E-state index contributed by atoms with van der Waals surface area (Å²) in [4.78, 5) is 0. The molecule has 2 nitrogen and oxygen atoms in total. The molecule has 90 valence electrons. The smallest absolute Gasteiger partial charge is 0.107 e. The Kier molecular flexibility index (Phi) is 3.64. The fraction of sp³-hybridized carbons (Fsp3) is 0.333. The van der Waals surface area contributed by atoms with Crippen molar-refractivity contribution in [3.05, 3.63) is 59.0 Å². The molecule has 2 heteroatoms. The zero-order chi connectivity index (χ0) is 12.3. The van der Waals surface area contributed by atoms with Crippen LogP contribution in [0.25, 0.3) is 0 Å². The highest BCUT2D eigenvalue weighted by atomic mass is 16.3. The van der Waals surface area contributed by atoms with Gasteiger partial charge in [0.05, 0.1) is 6.26 Å². The second-order valence-corrected chi connectivity index (χ2v) is 4.33. The van der Waals surface area contributed by atoms with Gasteiger partial charge in [0.1, 0.15) is 11.9 Å². The van der Waals surface area contributed by atoms with E-state index in [-0.39, 0.29) is 0 Å². The van der Waals surface area contributed by atoms with Gasteiger partial charge in [-0.25, -0.2) is 0 Å². The van der Waals surface area contributed by atoms with Crippen molar-refractivity contribution in [3.63, 3.8) is 0 Å². The number of aliphatic hydroxyl groups is 1. The molecule has 0 aliphatic heterocycles. The molecule has 0 amide bonds. The Labute approximate surface area is 102 Å². The van der Waals surface area contributed by atoms with Gasteiger partial charge in [-0.3, -0.25) is 0 Å². The molecule has 0 aliphatic carbocycles. The number of hydrogen-bond acceptors (Lipinski definition) is 2. The first kappa shape index (κ1) is 11.9. The van der Waals surface area contributed by atoms with Crippen LogP contribution in [0.3, 0.4) is 0 Å². The van der Waals surface area contributed by atoms with Crippen molar-refractivity contribution in [1.82, 2.24) is 0 Å². The summed E-state index contributed by atoms with van der Waals surface area (Å²) in [6.45, 7) is 4.03. The molecule has 0 bridgehead atoms. The number of furan rings is 1. The quantitative estimate of drug-likeness (QED) is 0.870. The lowest BCUT2D eigenvalue weighted by atomic mass is 10.00. The van der Waals surface area contributed by atoms with Crippen LogP contribution in [0.1, 0.15) is 41.9 Å². The monoisotopic (exact) mass is 230 g/mol. The summed E-state index contributed by atoms with van der Waals surface area (Å²) in [5.74, 6) is 0.773. The molecule has 17 heavy (non-hydrogen) atoms. The molecule has 2 rings (SSSR count). The maximum atomic E-state index is 10.2. The summed E-state index contributed by atoms with van der Waals surface area (Å²) in [6, 6.07) is 9.96. The molecule has 0 spiro atoms. The Morgan fingerprint density at radius 3 is 2.41 bits per heavy atom. The van der Waals surface area contributed by atoms with Crippen LogP contribution in [-0.4, -0.2) is 5.11 Å². The molecule has 2 aromatic rings. The molecule has 1 aromatic heterocycles. The predicted molar refractivity (Wildman–Crippen MR) is 67.9 cm³/mol. The van der Waals surface area contributed by atoms with Crippen LogP contribution in [-0.2, 0) is 6.42 Å². The zero-order valence-electron chi connectivity index (χ0n) is 10.3. The Morgan fingerprint density at radius 2 is 1.88 bits per heavy atom. The van der Waals surface area contributed by atoms with Crippen LogP contribution < -0.4 is 0 Å². The molecule has 1 N–H and O–H groups in total. The third-order valence-corrected chi connectivity index (χ3v) is 3.03. The highest BCUT2D eigenvalue weighted by Crippen LogP contribution is 2.25. The minimum Gasteiger partial charge on any atom is -0.469 e. The molecule has 1 aromatic carbocycles. The minimum atomic E-state index is -0.593. The van der Waals surface area contributed by atoms with E-state index >= 15 is 0 Å². The number of aliphatic hydroxyl groups excluding tert-OH is 1. The van der Waals surface area contributed by atoms with Crippen LogP contribution in [0, 0.1) is 6.92 Å². The van der Waals surface area contributed by atoms with Crippen LogP contribution in [0.5, 0.6) is 0 Å². The van der Waals surface area contributed by atoms with Crippen LogP contribution in [0.4, 0.5) is 0 Å². The summed E-state index contributed by atoms with van der Waals surface area (Å²) < 4.78 is 5.21. The molecule has 1 heterocycles. The minimum absolute atomic E-state index is 0.593. The molecule has 0 aliphatic rings. The number of benzene rings is 1. The highest BCUT2D eigenvalue weighted by molar-refractivity contribution is 5.32. The first-order chi connectivity index (χ1) is 8.22. The molecular weight excluding hydrogens is 212 g/mol. The highest BCUT2D eigenvalue weighted by Gasteiger charge is 2.14. The van der Waals surface area contributed by atoms with E-state index in [1.54, 1.807) is 6.26 Å². The summed E-state index contributed by atoms with van der Waals surface area (Å²) >= 11 is 0. The maximum Gasteiger partial charge on any atom is 0.107 e. The van der Waals surface area contributed by atoms with E-state index in [1.807, 2.05) is 25.1 Å². The first-order valence-electron chi connectivity index (χ1n) is 6.03. The molecule has 0 radical (unpaired) electrons. The Balaban J connectivity index is 2.20. The van der Waals surface area contributed by atoms with Gasteiger partial charge in [-0.05, 0) is 30.5 Å². The van der Waals surface area contributed by atoms with Gasteiger partial charge in [0.15, 0.2) is 0 Å². The molecule has 0 saturated carbocycles. The van der Waals surface area contributed by atoms with Crippen molar-refractivity contribution in [3.8, 4) is 0 Å².